The predicted octanol–water partition coefficient (Wildman–Crippen LogP) is 8.45. The highest BCUT2D eigenvalue weighted by Crippen LogP contribution is 2.26. The maximum absolute atomic E-state index is 10.7. The van der Waals surface area contributed by atoms with Crippen molar-refractivity contribution < 1.29 is 4.39 Å². The van der Waals surface area contributed by atoms with Gasteiger partial charge in [-0.05, 0) is 36.0 Å². The molecule has 0 amide bonds. The van der Waals surface area contributed by atoms with E-state index in [0.717, 1.165) is 5.92 Å². The Morgan fingerprint density at radius 1 is 0.750 bits per heavy atom. The minimum absolute atomic E-state index is 0.181. The second-order valence-electron chi connectivity index (χ2n) is 9.41. The molecular formula is C23H47F. The van der Waals surface area contributed by atoms with Crippen LogP contribution >= 0.6 is 0 Å². The maximum Gasteiger partial charge on any atom is 0.0891 e. The lowest BCUT2D eigenvalue weighted by atomic mass is 9.87. The molecule has 0 spiro atoms. The zero-order valence-corrected chi connectivity index (χ0v) is 18.2. The standard InChI is InChI=1S/C18H38.C3H7F.C2H2/c1-16(12-8-10-14-17(2,3)4)13-9-11-15-18(5,6)7;1-2-3-4;1-2/h16H,8-15H2,1-7H3;2-3H2,1H3;1-2H. The molecule has 24 heavy (non-hydrogen) atoms. The van der Waals surface area contributed by atoms with Crippen molar-refractivity contribution in [3.8, 4) is 12.8 Å². The molecule has 0 nitrogen and oxygen atoms in total. The van der Waals surface area contributed by atoms with E-state index in [1.807, 2.05) is 0 Å². The predicted molar refractivity (Wildman–Crippen MR) is 111 cm³/mol. The average molecular weight is 343 g/mol. The highest BCUT2D eigenvalue weighted by atomic mass is 19.1. The first-order valence-electron chi connectivity index (χ1n) is 9.91. The monoisotopic (exact) mass is 342 g/mol. The van der Waals surface area contributed by atoms with E-state index in [-0.39, 0.29) is 6.67 Å². The van der Waals surface area contributed by atoms with E-state index >= 15 is 0 Å². The molecule has 0 rings (SSSR count). The Labute approximate surface area is 154 Å². The number of halogens is 1. The van der Waals surface area contributed by atoms with E-state index in [1.165, 1.54) is 51.4 Å². The molecule has 0 fully saturated rings. The lowest BCUT2D eigenvalue weighted by Gasteiger charge is -2.19. The summed E-state index contributed by atoms with van der Waals surface area (Å²) in [6, 6.07) is 0. The number of hydrogen-bond donors (Lipinski definition) is 0. The Bertz CT molecular complexity index is 227. The van der Waals surface area contributed by atoms with E-state index in [9.17, 15) is 4.39 Å². The topological polar surface area (TPSA) is 0 Å². The summed E-state index contributed by atoms with van der Waals surface area (Å²) in [6.07, 6.45) is 20.0. The fourth-order valence-corrected chi connectivity index (χ4v) is 2.44. The molecule has 0 bridgehead atoms. The van der Waals surface area contributed by atoms with Crippen LogP contribution in [0.3, 0.4) is 0 Å². The fraction of sp³-hybridized carbons (Fsp3) is 0.913. The van der Waals surface area contributed by atoms with Crippen LogP contribution in [0, 0.1) is 29.6 Å². The van der Waals surface area contributed by atoms with E-state index in [1.54, 1.807) is 6.92 Å². The van der Waals surface area contributed by atoms with E-state index in [0.29, 0.717) is 17.3 Å². The Hall–Kier alpha value is -0.510. The summed E-state index contributed by atoms with van der Waals surface area (Å²) in [5, 5.41) is 0. The molecule has 0 heterocycles. The van der Waals surface area contributed by atoms with Gasteiger partial charge in [0.25, 0.3) is 0 Å². The van der Waals surface area contributed by atoms with Gasteiger partial charge in [-0.2, -0.15) is 0 Å². The first kappa shape index (κ1) is 28.3. The van der Waals surface area contributed by atoms with Gasteiger partial charge in [-0.1, -0.05) is 93.9 Å². The fourth-order valence-electron chi connectivity index (χ4n) is 2.44. The largest absolute Gasteiger partial charge is 0.251 e. The van der Waals surface area contributed by atoms with Crippen LogP contribution < -0.4 is 0 Å². The third-order valence-electron chi connectivity index (χ3n) is 3.94. The van der Waals surface area contributed by atoms with Crippen molar-refractivity contribution in [3.63, 3.8) is 0 Å². The molecule has 0 aromatic heterocycles. The van der Waals surface area contributed by atoms with Crippen LogP contribution in [0.4, 0.5) is 4.39 Å². The lowest BCUT2D eigenvalue weighted by Crippen LogP contribution is -2.05. The summed E-state index contributed by atoms with van der Waals surface area (Å²) in [7, 11) is 0. The molecule has 0 radical (unpaired) electrons. The summed E-state index contributed by atoms with van der Waals surface area (Å²) in [5.41, 5.74) is 1.05. The van der Waals surface area contributed by atoms with Gasteiger partial charge in [-0.3, -0.25) is 4.39 Å². The second kappa shape index (κ2) is 17.3. The zero-order chi connectivity index (χ0) is 19.6. The van der Waals surface area contributed by atoms with Gasteiger partial charge in [0, 0.05) is 0 Å². The molecule has 0 saturated heterocycles. The molecule has 0 aliphatic carbocycles. The number of terminal acetylenes is 1. The second-order valence-corrected chi connectivity index (χ2v) is 9.41. The first-order chi connectivity index (χ1) is 11.0. The Morgan fingerprint density at radius 2 is 1.04 bits per heavy atom. The molecule has 0 aliphatic heterocycles. The van der Waals surface area contributed by atoms with Crippen molar-refractivity contribution in [2.75, 3.05) is 6.67 Å². The quantitative estimate of drug-likeness (QED) is 0.291. The van der Waals surface area contributed by atoms with Gasteiger partial charge in [0.1, 0.15) is 0 Å². The number of alkyl halides is 1. The van der Waals surface area contributed by atoms with Crippen LogP contribution in [0.25, 0.3) is 0 Å². The summed E-state index contributed by atoms with van der Waals surface area (Å²) in [4.78, 5) is 0. The van der Waals surface area contributed by atoms with E-state index in [2.05, 4.69) is 61.3 Å². The molecule has 0 N–H and O–H groups in total. The Kier molecular flexibility index (Phi) is 20.4. The maximum atomic E-state index is 10.7. The number of unbranched alkanes of at least 4 members (excludes halogenated alkanes) is 2. The summed E-state index contributed by atoms with van der Waals surface area (Å²) in [6.45, 7) is 18.2. The Morgan fingerprint density at radius 3 is 1.25 bits per heavy atom. The average Bonchev–Trinajstić information content (AvgIpc) is 2.48. The van der Waals surface area contributed by atoms with Gasteiger partial charge in [0.05, 0.1) is 6.67 Å². The summed E-state index contributed by atoms with van der Waals surface area (Å²) in [5.74, 6) is 0.935. The lowest BCUT2D eigenvalue weighted by molar-refractivity contribution is 0.333. The third-order valence-corrected chi connectivity index (χ3v) is 3.94. The van der Waals surface area contributed by atoms with Crippen LogP contribution in [-0.2, 0) is 0 Å². The summed E-state index contributed by atoms with van der Waals surface area (Å²) < 4.78 is 10.7. The smallest absolute Gasteiger partial charge is 0.0891 e. The summed E-state index contributed by atoms with van der Waals surface area (Å²) >= 11 is 0. The molecule has 0 saturated carbocycles. The van der Waals surface area contributed by atoms with Crippen LogP contribution in [0.1, 0.15) is 113 Å². The minimum Gasteiger partial charge on any atom is -0.251 e. The molecule has 0 aromatic carbocycles. The van der Waals surface area contributed by atoms with Crippen molar-refractivity contribution in [1.82, 2.24) is 0 Å². The van der Waals surface area contributed by atoms with Gasteiger partial charge in [0.2, 0.25) is 0 Å². The molecule has 0 aliphatic rings. The number of hydrogen-bond acceptors (Lipinski definition) is 0. The molecule has 0 unspecified atom stereocenters. The van der Waals surface area contributed by atoms with Gasteiger partial charge in [0.15, 0.2) is 0 Å². The van der Waals surface area contributed by atoms with Crippen LogP contribution in [0.5, 0.6) is 0 Å². The van der Waals surface area contributed by atoms with Crippen LogP contribution in [0.15, 0.2) is 0 Å². The van der Waals surface area contributed by atoms with Crippen molar-refractivity contribution in [2.45, 2.75) is 113 Å². The first-order valence-corrected chi connectivity index (χ1v) is 9.91. The van der Waals surface area contributed by atoms with Gasteiger partial charge in [-0.25, -0.2) is 0 Å². The third kappa shape index (κ3) is 33.2. The van der Waals surface area contributed by atoms with E-state index in [4.69, 9.17) is 0 Å². The number of rotatable bonds is 9. The molecule has 146 valence electrons. The Balaban J connectivity index is -0.000000636. The van der Waals surface area contributed by atoms with Crippen molar-refractivity contribution in [2.24, 2.45) is 16.7 Å². The highest BCUT2D eigenvalue weighted by Gasteiger charge is 2.11. The van der Waals surface area contributed by atoms with Gasteiger partial charge < -0.3 is 0 Å². The normalized spacial score (nSPS) is 11.3. The molecule has 0 aromatic rings. The molecular weight excluding hydrogens is 295 g/mol. The molecule has 0 atom stereocenters. The highest BCUT2D eigenvalue weighted by molar-refractivity contribution is 4.64. The van der Waals surface area contributed by atoms with Gasteiger partial charge >= 0.3 is 0 Å². The molecule has 1 heteroatoms. The van der Waals surface area contributed by atoms with Crippen LogP contribution in [-0.4, -0.2) is 6.67 Å². The van der Waals surface area contributed by atoms with Crippen molar-refractivity contribution in [1.29, 1.82) is 0 Å². The minimum atomic E-state index is -0.181. The van der Waals surface area contributed by atoms with Gasteiger partial charge in [-0.15, -0.1) is 12.8 Å². The van der Waals surface area contributed by atoms with Crippen LogP contribution in [0.2, 0.25) is 0 Å². The van der Waals surface area contributed by atoms with Crippen molar-refractivity contribution >= 4 is 0 Å². The SMILES string of the molecule is C#C.CC(CCCCC(C)(C)C)CCCCC(C)(C)C.CCCF. The zero-order valence-electron chi connectivity index (χ0n) is 18.2. The van der Waals surface area contributed by atoms with Crippen molar-refractivity contribution in [3.05, 3.63) is 0 Å². The van der Waals surface area contributed by atoms with E-state index < -0.39 is 0 Å².